The van der Waals surface area contributed by atoms with Gasteiger partial charge in [-0.15, -0.1) is 0 Å². The summed E-state index contributed by atoms with van der Waals surface area (Å²) in [6, 6.07) is 0. The van der Waals surface area contributed by atoms with Gasteiger partial charge in [0.25, 0.3) is 0 Å². The summed E-state index contributed by atoms with van der Waals surface area (Å²) < 4.78 is 0. The quantitative estimate of drug-likeness (QED) is 0.556. The zero-order chi connectivity index (χ0) is 17.6. The van der Waals surface area contributed by atoms with E-state index in [1.54, 1.807) is 6.42 Å². The van der Waals surface area contributed by atoms with Crippen molar-refractivity contribution in [1.29, 1.82) is 0 Å². The monoisotopic (exact) mass is 346 g/mol. The van der Waals surface area contributed by atoms with Crippen molar-refractivity contribution in [1.82, 2.24) is 9.80 Å². The first-order valence-corrected chi connectivity index (χ1v) is 11.3. The van der Waals surface area contributed by atoms with E-state index in [0.717, 1.165) is 35.5 Å². The molecule has 4 fully saturated rings. The van der Waals surface area contributed by atoms with Crippen LogP contribution in [0.1, 0.15) is 66.2 Å². The van der Waals surface area contributed by atoms with E-state index in [9.17, 15) is 0 Å². The topological polar surface area (TPSA) is 6.48 Å². The van der Waals surface area contributed by atoms with Crippen molar-refractivity contribution in [2.24, 2.45) is 40.9 Å². The van der Waals surface area contributed by atoms with Gasteiger partial charge in [0, 0.05) is 32.7 Å². The summed E-state index contributed by atoms with van der Waals surface area (Å²) in [5.41, 5.74) is 0.531. The molecule has 0 N–H and O–H groups in total. The molecule has 2 aliphatic heterocycles. The van der Waals surface area contributed by atoms with Crippen molar-refractivity contribution < 1.29 is 0 Å². The van der Waals surface area contributed by atoms with Gasteiger partial charge in [0.15, 0.2) is 0 Å². The zero-order valence-corrected chi connectivity index (χ0v) is 17.3. The van der Waals surface area contributed by atoms with Gasteiger partial charge in [-0.1, -0.05) is 34.1 Å². The Hall–Kier alpha value is -0.0800. The average Bonchev–Trinajstić information content (AvgIpc) is 3.29. The first kappa shape index (κ1) is 18.3. The maximum atomic E-state index is 2.78. The van der Waals surface area contributed by atoms with E-state index in [4.69, 9.17) is 0 Å². The van der Waals surface area contributed by atoms with Crippen LogP contribution in [0.3, 0.4) is 0 Å². The standard InChI is InChI=1S/C23H42N2/c1-17(12-25-13-18-11-19(18)14-25)7-5-6-10-24-15-21-20(22(21)16-24)8-9-23(2,3)4/h17-22H,5-16H2,1-4H3. The minimum absolute atomic E-state index is 0.531. The minimum Gasteiger partial charge on any atom is -0.303 e. The molecule has 2 heterocycles. The maximum Gasteiger partial charge on any atom is 0.00158 e. The maximum absolute atomic E-state index is 2.78. The Bertz CT molecular complexity index is 431. The van der Waals surface area contributed by atoms with E-state index >= 15 is 0 Å². The van der Waals surface area contributed by atoms with Gasteiger partial charge in [-0.25, -0.2) is 0 Å². The lowest BCUT2D eigenvalue weighted by molar-refractivity contribution is 0.242. The van der Waals surface area contributed by atoms with Crippen molar-refractivity contribution >= 4 is 0 Å². The number of hydrogen-bond donors (Lipinski definition) is 0. The molecule has 144 valence electrons. The second-order valence-corrected chi connectivity index (χ2v) is 11.4. The third-order valence-electron chi connectivity index (χ3n) is 7.72. The Morgan fingerprint density at radius 3 is 2.24 bits per heavy atom. The molecular formula is C23H42N2. The Labute approximate surface area is 156 Å². The van der Waals surface area contributed by atoms with E-state index in [1.165, 1.54) is 71.4 Å². The summed E-state index contributed by atoms with van der Waals surface area (Å²) in [4.78, 5) is 5.52. The highest BCUT2D eigenvalue weighted by Gasteiger charge is 2.54. The van der Waals surface area contributed by atoms with E-state index in [0.29, 0.717) is 5.41 Å². The number of nitrogens with zero attached hydrogens (tertiary/aromatic N) is 2. The third-order valence-corrected chi connectivity index (χ3v) is 7.72. The van der Waals surface area contributed by atoms with E-state index < -0.39 is 0 Å². The number of likely N-dealkylation sites (tertiary alicyclic amines) is 2. The molecule has 0 spiro atoms. The van der Waals surface area contributed by atoms with Gasteiger partial charge in [-0.2, -0.15) is 0 Å². The number of piperidine rings is 2. The molecule has 2 saturated carbocycles. The van der Waals surface area contributed by atoms with Gasteiger partial charge >= 0.3 is 0 Å². The van der Waals surface area contributed by atoms with Crippen LogP contribution >= 0.6 is 0 Å². The zero-order valence-electron chi connectivity index (χ0n) is 17.3. The third kappa shape index (κ3) is 4.80. The first-order valence-electron chi connectivity index (χ1n) is 11.3. The normalized spacial score (nSPS) is 38.6. The highest BCUT2D eigenvalue weighted by Crippen LogP contribution is 2.54. The molecule has 0 radical (unpaired) electrons. The fraction of sp³-hybridized carbons (Fsp3) is 1.00. The Morgan fingerprint density at radius 2 is 1.60 bits per heavy atom. The molecular weight excluding hydrogens is 304 g/mol. The van der Waals surface area contributed by atoms with Gasteiger partial charge in [0.2, 0.25) is 0 Å². The highest BCUT2D eigenvalue weighted by atomic mass is 15.2. The molecule has 0 amide bonds. The largest absolute Gasteiger partial charge is 0.303 e. The fourth-order valence-electron chi connectivity index (χ4n) is 5.95. The molecule has 2 heteroatoms. The minimum atomic E-state index is 0.531. The molecule has 5 unspecified atom stereocenters. The van der Waals surface area contributed by atoms with Crippen LogP contribution in [0.4, 0.5) is 0 Å². The van der Waals surface area contributed by atoms with Crippen molar-refractivity contribution in [2.75, 3.05) is 39.3 Å². The van der Waals surface area contributed by atoms with E-state index in [-0.39, 0.29) is 0 Å². The molecule has 2 nitrogen and oxygen atoms in total. The second kappa shape index (κ2) is 7.15. The van der Waals surface area contributed by atoms with Gasteiger partial charge in [-0.3, -0.25) is 0 Å². The molecule has 25 heavy (non-hydrogen) atoms. The second-order valence-electron chi connectivity index (χ2n) is 11.4. The van der Waals surface area contributed by atoms with Crippen LogP contribution in [0, 0.1) is 40.9 Å². The van der Waals surface area contributed by atoms with Crippen LogP contribution in [-0.2, 0) is 0 Å². The molecule has 0 aromatic rings. The van der Waals surface area contributed by atoms with Crippen LogP contribution in [0.2, 0.25) is 0 Å². The van der Waals surface area contributed by atoms with Crippen LogP contribution in [0.5, 0.6) is 0 Å². The van der Waals surface area contributed by atoms with Gasteiger partial charge < -0.3 is 9.80 Å². The van der Waals surface area contributed by atoms with Crippen LogP contribution in [0.25, 0.3) is 0 Å². The summed E-state index contributed by atoms with van der Waals surface area (Å²) in [5, 5.41) is 0. The van der Waals surface area contributed by atoms with Gasteiger partial charge in [0.05, 0.1) is 0 Å². The summed E-state index contributed by atoms with van der Waals surface area (Å²) in [6.45, 7) is 18.1. The lowest BCUT2D eigenvalue weighted by Gasteiger charge is -2.23. The molecule has 0 bridgehead atoms. The molecule has 5 atom stereocenters. The van der Waals surface area contributed by atoms with Crippen molar-refractivity contribution in [3.63, 3.8) is 0 Å². The van der Waals surface area contributed by atoms with E-state index in [1.807, 2.05) is 0 Å². The lowest BCUT2D eigenvalue weighted by Crippen LogP contribution is -2.28. The highest BCUT2D eigenvalue weighted by molar-refractivity contribution is 5.05. The summed E-state index contributed by atoms with van der Waals surface area (Å²) in [5.74, 6) is 6.33. The van der Waals surface area contributed by atoms with Crippen molar-refractivity contribution in [3.8, 4) is 0 Å². The van der Waals surface area contributed by atoms with Crippen LogP contribution in [0.15, 0.2) is 0 Å². The number of hydrogen-bond acceptors (Lipinski definition) is 2. The van der Waals surface area contributed by atoms with Crippen LogP contribution in [-0.4, -0.2) is 49.1 Å². The SMILES string of the molecule is CC(CCCCN1CC2C(CCC(C)(C)C)C2C1)CN1CC2CC2C1. The molecule has 0 aromatic carbocycles. The summed E-state index contributed by atoms with van der Waals surface area (Å²) >= 11 is 0. The van der Waals surface area contributed by atoms with Gasteiger partial charge in [0.1, 0.15) is 0 Å². The number of fused-ring (bicyclic) bond motifs is 2. The Morgan fingerprint density at radius 1 is 0.920 bits per heavy atom. The molecule has 4 aliphatic rings. The molecule has 2 aliphatic carbocycles. The lowest BCUT2D eigenvalue weighted by atomic mass is 9.89. The Kier molecular flexibility index (Phi) is 5.23. The van der Waals surface area contributed by atoms with Crippen LogP contribution < -0.4 is 0 Å². The number of unbranched alkanes of at least 4 members (excludes halogenated alkanes) is 1. The smallest absolute Gasteiger partial charge is 0.00158 e. The Balaban J connectivity index is 1.02. The number of rotatable bonds is 9. The van der Waals surface area contributed by atoms with E-state index in [2.05, 4.69) is 37.5 Å². The molecule has 0 aromatic heterocycles. The summed E-state index contributed by atoms with van der Waals surface area (Å²) in [7, 11) is 0. The fourth-order valence-corrected chi connectivity index (χ4v) is 5.95. The van der Waals surface area contributed by atoms with Crippen molar-refractivity contribution in [2.45, 2.75) is 66.2 Å². The van der Waals surface area contributed by atoms with Crippen molar-refractivity contribution in [3.05, 3.63) is 0 Å². The molecule has 2 saturated heterocycles. The predicted molar refractivity (Wildman–Crippen MR) is 107 cm³/mol. The molecule has 4 rings (SSSR count). The van der Waals surface area contributed by atoms with Gasteiger partial charge in [-0.05, 0) is 79.6 Å². The predicted octanol–water partition coefficient (Wildman–Crippen LogP) is 4.75. The summed E-state index contributed by atoms with van der Waals surface area (Å²) in [6.07, 6.45) is 8.77. The average molecular weight is 347 g/mol. The first-order chi connectivity index (χ1) is 11.9.